The number of benzene rings is 1. The highest BCUT2D eigenvalue weighted by Gasteiger charge is 2.38. The summed E-state index contributed by atoms with van der Waals surface area (Å²) < 4.78 is 5.39. The molecular weight excluding hydrogens is 292 g/mol. The Hall–Kier alpha value is -1.43. The van der Waals surface area contributed by atoms with Crippen LogP contribution in [0.4, 0.5) is 0 Å². The fraction of sp³-hybridized carbons (Fsp3) is 0.611. The highest BCUT2D eigenvalue weighted by atomic mass is 16.5. The first-order valence-corrected chi connectivity index (χ1v) is 8.55. The molecule has 5 nitrogen and oxygen atoms in total. The number of hydrogen-bond donors (Lipinski definition) is 2. The zero-order valence-corrected chi connectivity index (χ0v) is 13.6. The monoisotopic (exact) mass is 318 g/mol. The second-order valence-electron chi connectivity index (χ2n) is 6.58. The standard InChI is InChI=1S/C18H26N2O3/c21-17(18(22)7-3-4-8-18)19-13-15-5-1-2-6-16(15)14-20-9-11-23-12-10-20/h1-2,5-6,22H,3-4,7-14H2,(H,19,21). The lowest BCUT2D eigenvalue weighted by atomic mass is 10.0. The maximum Gasteiger partial charge on any atom is 0.252 e. The average molecular weight is 318 g/mol. The number of rotatable bonds is 5. The Kier molecular flexibility index (Phi) is 5.30. The number of hydrogen-bond acceptors (Lipinski definition) is 4. The van der Waals surface area contributed by atoms with Gasteiger partial charge in [0.25, 0.3) is 5.91 Å². The molecule has 0 aromatic heterocycles. The van der Waals surface area contributed by atoms with Gasteiger partial charge in [0.1, 0.15) is 5.60 Å². The summed E-state index contributed by atoms with van der Waals surface area (Å²) in [6.07, 6.45) is 3.01. The number of nitrogens with one attached hydrogen (secondary N) is 1. The van der Waals surface area contributed by atoms with Crippen LogP contribution in [-0.4, -0.2) is 47.8 Å². The van der Waals surface area contributed by atoms with Crippen molar-refractivity contribution in [3.63, 3.8) is 0 Å². The van der Waals surface area contributed by atoms with Gasteiger partial charge in [-0.05, 0) is 36.8 Å². The van der Waals surface area contributed by atoms with E-state index in [1.807, 2.05) is 12.1 Å². The molecule has 126 valence electrons. The number of carbonyl (C=O) groups is 1. The molecule has 1 heterocycles. The third-order valence-electron chi connectivity index (χ3n) is 4.91. The molecule has 1 aliphatic heterocycles. The van der Waals surface area contributed by atoms with Gasteiger partial charge in [-0.25, -0.2) is 0 Å². The third kappa shape index (κ3) is 4.10. The highest BCUT2D eigenvalue weighted by Crippen LogP contribution is 2.29. The molecule has 1 saturated carbocycles. The largest absolute Gasteiger partial charge is 0.380 e. The number of morpholine rings is 1. The molecule has 1 aromatic carbocycles. The molecule has 1 saturated heterocycles. The first kappa shape index (κ1) is 16.4. The minimum atomic E-state index is -1.15. The van der Waals surface area contributed by atoms with Crippen LogP contribution < -0.4 is 5.32 Å². The van der Waals surface area contributed by atoms with E-state index in [0.29, 0.717) is 19.4 Å². The van der Waals surface area contributed by atoms with Crippen molar-refractivity contribution in [2.24, 2.45) is 0 Å². The Balaban J connectivity index is 1.60. The van der Waals surface area contributed by atoms with Crippen LogP contribution >= 0.6 is 0 Å². The molecule has 1 aromatic rings. The fourth-order valence-corrected chi connectivity index (χ4v) is 3.41. The van der Waals surface area contributed by atoms with Gasteiger partial charge in [-0.1, -0.05) is 24.3 Å². The lowest BCUT2D eigenvalue weighted by molar-refractivity contribution is -0.139. The van der Waals surface area contributed by atoms with E-state index in [-0.39, 0.29) is 5.91 Å². The number of aliphatic hydroxyl groups is 1. The Bertz CT molecular complexity index is 535. The molecule has 0 radical (unpaired) electrons. The van der Waals surface area contributed by atoms with E-state index in [0.717, 1.165) is 51.3 Å². The van der Waals surface area contributed by atoms with Gasteiger partial charge in [-0.15, -0.1) is 0 Å². The Morgan fingerprint density at radius 1 is 1.17 bits per heavy atom. The highest BCUT2D eigenvalue weighted by molar-refractivity contribution is 5.85. The summed E-state index contributed by atoms with van der Waals surface area (Å²) in [5.74, 6) is -0.226. The maximum atomic E-state index is 12.3. The van der Waals surface area contributed by atoms with Gasteiger partial charge in [0.2, 0.25) is 0 Å². The summed E-state index contributed by atoms with van der Waals surface area (Å²) in [5.41, 5.74) is 1.20. The number of amides is 1. The minimum Gasteiger partial charge on any atom is -0.380 e. The summed E-state index contributed by atoms with van der Waals surface area (Å²) in [6.45, 7) is 4.81. The van der Waals surface area contributed by atoms with E-state index in [2.05, 4.69) is 22.3 Å². The van der Waals surface area contributed by atoms with Gasteiger partial charge in [-0.3, -0.25) is 9.69 Å². The van der Waals surface area contributed by atoms with E-state index in [1.54, 1.807) is 0 Å². The molecule has 2 aliphatic rings. The van der Waals surface area contributed by atoms with Crippen LogP contribution in [0, 0.1) is 0 Å². The zero-order chi connectivity index (χ0) is 16.1. The van der Waals surface area contributed by atoms with Crippen molar-refractivity contribution in [3.05, 3.63) is 35.4 Å². The first-order chi connectivity index (χ1) is 11.2. The van der Waals surface area contributed by atoms with E-state index in [4.69, 9.17) is 4.74 Å². The normalized spacial score (nSPS) is 21.3. The van der Waals surface area contributed by atoms with E-state index in [1.165, 1.54) is 5.56 Å². The van der Waals surface area contributed by atoms with Crippen molar-refractivity contribution in [2.75, 3.05) is 26.3 Å². The van der Waals surface area contributed by atoms with Crippen molar-refractivity contribution in [2.45, 2.75) is 44.4 Å². The van der Waals surface area contributed by atoms with E-state index < -0.39 is 5.60 Å². The number of nitrogens with zero attached hydrogens (tertiary/aromatic N) is 1. The van der Waals surface area contributed by atoms with E-state index >= 15 is 0 Å². The van der Waals surface area contributed by atoms with Crippen molar-refractivity contribution < 1.29 is 14.6 Å². The van der Waals surface area contributed by atoms with Gasteiger partial charge in [0.05, 0.1) is 13.2 Å². The molecule has 2 fully saturated rings. The summed E-state index contributed by atoms with van der Waals surface area (Å²) in [6, 6.07) is 8.19. The van der Waals surface area contributed by atoms with Crippen LogP contribution in [0.1, 0.15) is 36.8 Å². The molecule has 23 heavy (non-hydrogen) atoms. The minimum absolute atomic E-state index is 0.226. The molecule has 0 unspecified atom stereocenters. The smallest absolute Gasteiger partial charge is 0.252 e. The third-order valence-corrected chi connectivity index (χ3v) is 4.91. The van der Waals surface area contributed by atoms with Gasteiger partial charge in [0.15, 0.2) is 0 Å². The predicted octanol–water partition coefficient (Wildman–Crippen LogP) is 1.44. The zero-order valence-electron chi connectivity index (χ0n) is 13.6. The summed E-state index contributed by atoms with van der Waals surface area (Å²) in [5, 5.41) is 13.3. The molecule has 0 bridgehead atoms. The molecule has 5 heteroatoms. The molecule has 0 atom stereocenters. The summed E-state index contributed by atoms with van der Waals surface area (Å²) in [7, 11) is 0. The lowest BCUT2D eigenvalue weighted by Crippen LogP contribution is -2.44. The Labute approximate surface area is 137 Å². The Morgan fingerprint density at radius 2 is 1.83 bits per heavy atom. The van der Waals surface area contributed by atoms with Gasteiger partial charge in [0, 0.05) is 26.2 Å². The molecule has 3 rings (SSSR count). The van der Waals surface area contributed by atoms with Crippen molar-refractivity contribution in [1.82, 2.24) is 10.2 Å². The number of carbonyl (C=O) groups excluding carboxylic acids is 1. The fourth-order valence-electron chi connectivity index (χ4n) is 3.41. The second-order valence-corrected chi connectivity index (χ2v) is 6.58. The summed E-state index contributed by atoms with van der Waals surface area (Å²) in [4.78, 5) is 14.6. The van der Waals surface area contributed by atoms with Crippen LogP contribution in [0.3, 0.4) is 0 Å². The van der Waals surface area contributed by atoms with Crippen LogP contribution in [-0.2, 0) is 22.6 Å². The molecule has 1 amide bonds. The van der Waals surface area contributed by atoms with Crippen molar-refractivity contribution in [3.8, 4) is 0 Å². The topological polar surface area (TPSA) is 61.8 Å². The summed E-state index contributed by atoms with van der Waals surface area (Å²) >= 11 is 0. The van der Waals surface area contributed by atoms with Crippen LogP contribution in [0.15, 0.2) is 24.3 Å². The predicted molar refractivity (Wildman–Crippen MR) is 87.8 cm³/mol. The van der Waals surface area contributed by atoms with Gasteiger partial charge < -0.3 is 15.2 Å². The first-order valence-electron chi connectivity index (χ1n) is 8.55. The van der Waals surface area contributed by atoms with Crippen LogP contribution in [0.2, 0.25) is 0 Å². The van der Waals surface area contributed by atoms with Crippen molar-refractivity contribution >= 4 is 5.91 Å². The van der Waals surface area contributed by atoms with Crippen molar-refractivity contribution in [1.29, 1.82) is 0 Å². The average Bonchev–Trinajstić information content (AvgIpc) is 3.03. The molecule has 0 spiro atoms. The maximum absolute atomic E-state index is 12.3. The molecule has 2 N–H and O–H groups in total. The van der Waals surface area contributed by atoms with Crippen LogP contribution in [0.5, 0.6) is 0 Å². The molecular formula is C18H26N2O3. The molecule has 1 aliphatic carbocycles. The number of ether oxygens (including phenoxy) is 1. The van der Waals surface area contributed by atoms with Crippen LogP contribution in [0.25, 0.3) is 0 Å². The van der Waals surface area contributed by atoms with Gasteiger partial charge >= 0.3 is 0 Å². The quantitative estimate of drug-likeness (QED) is 0.862. The van der Waals surface area contributed by atoms with Gasteiger partial charge in [-0.2, -0.15) is 0 Å². The lowest BCUT2D eigenvalue weighted by Gasteiger charge is -2.27. The SMILES string of the molecule is O=C(NCc1ccccc1CN1CCOCC1)C1(O)CCCC1. The van der Waals surface area contributed by atoms with E-state index in [9.17, 15) is 9.90 Å². The second kappa shape index (κ2) is 7.43. The Morgan fingerprint density at radius 3 is 2.52 bits per heavy atom.